The zero-order valence-corrected chi connectivity index (χ0v) is 34.8. The van der Waals surface area contributed by atoms with E-state index in [0.29, 0.717) is 42.2 Å². The molecule has 0 aliphatic heterocycles. The van der Waals surface area contributed by atoms with Gasteiger partial charge < -0.3 is 53.4 Å². The Hall–Kier alpha value is -5.82. The zero-order valence-electron chi connectivity index (χ0n) is 34.8. The molecule has 4 bridgehead atoms. The van der Waals surface area contributed by atoms with Crippen LogP contribution in [0.5, 0.6) is 23.7 Å². The first-order valence-corrected chi connectivity index (χ1v) is 19.8. The minimum absolute atomic E-state index is 0.0496. The predicted octanol–water partition coefficient (Wildman–Crippen LogP) is 5.60. The van der Waals surface area contributed by atoms with Gasteiger partial charge in [-0.1, -0.05) is 22.3 Å². The minimum atomic E-state index is -4.39. The van der Waals surface area contributed by atoms with Crippen molar-refractivity contribution in [3.63, 3.8) is 0 Å². The molecule has 25 heteroatoms. The second-order valence-corrected chi connectivity index (χ2v) is 16.4. The van der Waals surface area contributed by atoms with E-state index in [9.17, 15) is 44.7 Å². The summed E-state index contributed by atoms with van der Waals surface area (Å²) in [7, 11) is 0. The van der Waals surface area contributed by atoms with E-state index in [0.717, 1.165) is 25.3 Å². The number of aryl methyl sites for hydroxylation is 2. The van der Waals surface area contributed by atoms with Crippen LogP contribution in [0.1, 0.15) is 61.4 Å². The van der Waals surface area contributed by atoms with Crippen molar-refractivity contribution in [2.45, 2.75) is 86.6 Å². The lowest BCUT2D eigenvalue weighted by molar-refractivity contribution is -0.175. The second kappa shape index (κ2) is 19.3. The highest BCUT2D eigenvalue weighted by molar-refractivity contribution is 5.79. The molecule has 4 aromatic rings. The lowest BCUT2D eigenvalue weighted by Gasteiger charge is -2.68. The van der Waals surface area contributed by atoms with Gasteiger partial charge in [0.25, 0.3) is 5.91 Å². The van der Waals surface area contributed by atoms with E-state index in [1.54, 1.807) is 26.0 Å². The van der Waals surface area contributed by atoms with Gasteiger partial charge in [-0.2, -0.15) is 26.3 Å². The van der Waals surface area contributed by atoms with E-state index in [1.165, 1.54) is 18.2 Å². The highest BCUT2D eigenvalue weighted by Crippen LogP contribution is 2.68. The summed E-state index contributed by atoms with van der Waals surface area (Å²) in [5, 5.41) is 26.5. The van der Waals surface area contributed by atoms with Crippen LogP contribution in [-0.2, 0) is 29.9 Å². The van der Waals surface area contributed by atoms with Gasteiger partial charge in [0, 0.05) is 23.2 Å². The third kappa shape index (κ3) is 12.9. The monoisotopic (exact) mass is 936 g/mol. The molecule has 0 saturated heterocycles. The molecule has 6 aliphatic rings. The van der Waals surface area contributed by atoms with E-state index >= 15 is 0 Å². The number of carboxylic acids is 1. The fourth-order valence-electron chi connectivity index (χ4n) is 7.91. The SMILES string of the molecule is Cc1ccc(OCC(=O)NC23CC(c4nnc(OCCOCC(F)(F)F)o4)(C2)C3)cc1F.Cc1ccc(OCC(=O)O)cc1F.NC12CC(c3nnc(OCCOCC(F)(F)F)o3)(C1)C2. The lowest BCUT2D eigenvalue weighted by atomic mass is 9.39. The molecule has 2 aromatic carbocycles. The van der Waals surface area contributed by atoms with Crippen LogP contribution in [0.3, 0.4) is 0 Å². The molecular weight excluding hydrogens is 892 g/mol. The van der Waals surface area contributed by atoms with E-state index in [4.69, 9.17) is 38.6 Å². The van der Waals surface area contributed by atoms with E-state index < -0.39 is 49.8 Å². The Morgan fingerprint density at radius 1 is 0.677 bits per heavy atom. The maximum Gasteiger partial charge on any atom is 0.414 e. The van der Waals surface area contributed by atoms with E-state index in [-0.39, 0.29) is 84.5 Å². The van der Waals surface area contributed by atoms with Gasteiger partial charge in [0.2, 0.25) is 11.8 Å². The van der Waals surface area contributed by atoms with Crippen LogP contribution in [-0.4, -0.2) is 114 Å². The van der Waals surface area contributed by atoms with Gasteiger partial charge in [-0.05, 0) is 75.6 Å². The first-order valence-electron chi connectivity index (χ1n) is 19.8. The van der Waals surface area contributed by atoms with Crippen LogP contribution in [0.15, 0.2) is 45.2 Å². The Bertz CT molecular complexity index is 2250. The third-order valence-corrected chi connectivity index (χ3v) is 10.7. The molecule has 10 rings (SSSR count). The fraction of sp³-hybridized carbons (Fsp3) is 0.550. The van der Waals surface area contributed by atoms with Gasteiger partial charge in [0.05, 0.1) is 24.0 Å². The topological polar surface area (TPSA) is 226 Å². The molecule has 6 saturated carbocycles. The number of carboxylic acid groups (broad SMARTS) is 1. The number of alkyl halides is 6. The number of benzene rings is 2. The van der Waals surface area contributed by atoms with Crippen molar-refractivity contribution >= 4 is 11.9 Å². The summed E-state index contributed by atoms with van der Waals surface area (Å²) in [5.41, 5.74) is 6.06. The smallest absolute Gasteiger partial charge is 0.414 e. The molecule has 356 valence electrons. The molecule has 6 aliphatic carbocycles. The summed E-state index contributed by atoms with van der Waals surface area (Å²) in [6, 6.07) is 8.63. The van der Waals surface area contributed by atoms with Crippen molar-refractivity contribution in [1.29, 1.82) is 0 Å². The molecule has 65 heavy (non-hydrogen) atoms. The van der Waals surface area contributed by atoms with Gasteiger partial charge in [-0.25, -0.2) is 13.6 Å². The number of amides is 1. The van der Waals surface area contributed by atoms with Crippen LogP contribution in [0.4, 0.5) is 35.1 Å². The maximum atomic E-state index is 13.5. The third-order valence-electron chi connectivity index (χ3n) is 10.7. The van der Waals surface area contributed by atoms with Gasteiger partial charge in [-0.15, -0.1) is 10.2 Å². The first kappa shape index (κ1) is 48.6. The number of nitrogens with two attached hydrogens (primary N) is 1. The van der Waals surface area contributed by atoms with E-state index in [1.807, 2.05) is 0 Å². The Morgan fingerprint density at radius 3 is 1.51 bits per heavy atom. The Morgan fingerprint density at radius 2 is 1.11 bits per heavy atom. The van der Waals surface area contributed by atoms with Crippen LogP contribution in [0.25, 0.3) is 0 Å². The van der Waals surface area contributed by atoms with Gasteiger partial charge >= 0.3 is 30.5 Å². The number of aliphatic carboxylic acids is 1. The molecule has 0 atom stereocenters. The summed E-state index contributed by atoms with van der Waals surface area (Å²) < 4.78 is 138. The molecule has 0 spiro atoms. The Labute approximate surface area is 364 Å². The van der Waals surface area contributed by atoms with Crippen molar-refractivity contribution in [2.24, 2.45) is 5.73 Å². The summed E-state index contributed by atoms with van der Waals surface area (Å²) in [6.07, 6.45) is -4.59. The summed E-state index contributed by atoms with van der Waals surface area (Å²) >= 11 is 0. The van der Waals surface area contributed by atoms with Crippen molar-refractivity contribution in [1.82, 2.24) is 25.7 Å². The number of rotatable bonds is 19. The van der Waals surface area contributed by atoms with Crippen LogP contribution < -0.4 is 30.0 Å². The summed E-state index contributed by atoms with van der Waals surface area (Å²) in [6.45, 7) is -0.784. The molecule has 1 amide bonds. The van der Waals surface area contributed by atoms with Gasteiger partial charge in [0.15, 0.2) is 13.2 Å². The number of ether oxygens (including phenoxy) is 6. The highest BCUT2D eigenvalue weighted by atomic mass is 19.4. The Balaban J connectivity index is 0.000000180. The predicted molar refractivity (Wildman–Crippen MR) is 203 cm³/mol. The minimum Gasteiger partial charge on any atom is -0.484 e. The number of hydrogen-bond donors (Lipinski definition) is 3. The summed E-state index contributed by atoms with van der Waals surface area (Å²) in [4.78, 5) is 22.3. The number of hydrogen-bond acceptors (Lipinski definition) is 15. The van der Waals surface area contributed by atoms with Crippen molar-refractivity contribution < 1.29 is 87.1 Å². The summed E-state index contributed by atoms with van der Waals surface area (Å²) in [5.74, 6) is -0.829. The largest absolute Gasteiger partial charge is 0.484 e. The number of aromatic nitrogens is 4. The molecule has 2 heterocycles. The molecule has 2 aromatic heterocycles. The van der Waals surface area contributed by atoms with Crippen LogP contribution in [0, 0.1) is 25.5 Å². The zero-order chi connectivity index (χ0) is 47.3. The number of nitrogens with one attached hydrogen (secondary N) is 1. The quantitative estimate of drug-likeness (QED) is 0.0768. The van der Waals surface area contributed by atoms with Crippen molar-refractivity contribution in [2.75, 3.05) is 52.9 Å². The number of nitrogens with zero attached hydrogens (tertiary/aromatic N) is 4. The number of halogens is 8. The van der Waals surface area contributed by atoms with Crippen molar-refractivity contribution in [3.8, 4) is 23.7 Å². The molecule has 0 unspecified atom stereocenters. The Kier molecular flexibility index (Phi) is 14.5. The second-order valence-electron chi connectivity index (χ2n) is 16.4. The highest BCUT2D eigenvalue weighted by Gasteiger charge is 2.72. The molecule has 4 N–H and O–H groups in total. The van der Waals surface area contributed by atoms with E-state index in [2.05, 4.69) is 35.2 Å². The molecule has 17 nitrogen and oxygen atoms in total. The van der Waals surface area contributed by atoms with Crippen LogP contribution >= 0.6 is 0 Å². The first-order chi connectivity index (χ1) is 30.5. The maximum absolute atomic E-state index is 13.5. The van der Waals surface area contributed by atoms with Crippen LogP contribution in [0.2, 0.25) is 0 Å². The fourth-order valence-corrected chi connectivity index (χ4v) is 7.91. The molecule has 6 fully saturated rings. The normalized spacial score (nSPS) is 23.4. The number of carbonyl (C=O) groups excluding carboxylic acids is 1. The lowest BCUT2D eigenvalue weighted by Crippen LogP contribution is -2.77. The number of carbonyl (C=O) groups is 2. The standard InChI is InChI=1S/C20H21F4N3O5.C11H14F3N3O3.C9H9FO3/c1-12-2-3-13(6-14(12)21)31-7-15(28)25-19-8-18(9-19,10-19)16-26-27-17(32-16)30-5-4-29-11-20(22,23)24;12-11(13,14)6-18-1-2-19-8-17-16-7(20-8)9-3-10(15,4-9)5-9;1-6-2-3-7(4-8(6)10)13-5-9(11)12/h2-3,6H,4-5,7-11H2,1H3,(H,25,28);1-6,15H2;2-4H,5H2,1H3,(H,11,12). The van der Waals surface area contributed by atoms with Gasteiger partial charge in [0.1, 0.15) is 49.6 Å². The molecule has 0 radical (unpaired) electrons. The van der Waals surface area contributed by atoms with Crippen molar-refractivity contribution in [3.05, 3.63) is 70.9 Å². The average molecular weight is 937 g/mol. The average Bonchev–Trinajstić information content (AvgIpc) is 3.84. The van der Waals surface area contributed by atoms with Gasteiger partial charge in [-0.3, -0.25) is 4.79 Å². The molecular formula is C40H44F8N6O11.